The molecule has 1 saturated carbocycles. The number of esters is 1. The van der Waals surface area contributed by atoms with Crippen molar-refractivity contribution >= 4 is 18.4 Å². The third kappa shape index (κ3) is 6.37. The van der Waals surface area contributed by atoms with Crippen molar-refractivity contribution < 1.29 is 9.53 Å². The van der Waals surface area contributed by atoms with Crippen molar-refractivity contribution in [2.24, 2.45) is 5.92 Å². The number of ether oxygens (including phenoxy) is 1. The molecule has 0 heterocycles. The number of hydrogen-bond donors (Lipinski definition) is 0. The zero-order chi connectivity index (χ0) is 10.9. The Morgan fingerprint density at radius 1 is 1.12 bits per heavy atom. The van der Waals surface area contributed by atoms with E-state index in [4.69, 9.17) is 4.74 Å². The molecule has 0 bridgehead atoms. The van der Waals surface area contributed by atoms with Crippen molar-refractivity contribution in [3.05, 3.63) is 0 Å². The van der Waals surface area contributed by atoms with E-state index in [1.54, 1.807) is 0 Å². The van der Waals surface area contributed by atoms with Gasteiger partial charge in [-0.25, -0.2) is 0 Å². The molecule has 0 saturated heterocycles. The molecule has 0 unspecified atom stereocenters. The van der Waals surface area contributed by atoms with Gasteiger partial charge in [0.15, 0.2) is 0 Å². The van der Waals surface area contributed by atoms with Gasteiger partial charge in [0.25, 0.3) is 0 Å². The van der Waals surface area contributed by atoms with Crippen LogP contribution in [-0.2, 0) is 9.53 Å². The molecule has 1 aliphatic carbocycles. The minimum Gasteiger partial charge on any atom is -0.465 e. The summed E-state index contributed by atoms with van der Waals surface area (Å²) in [6, 6.07) is 0. The molecule has 16 heavy (non-hydrogen) atoms. The first-order chi connectivity index (χ1) is 7.34. The first-order valence-electron chi connectivity index (χ1n) is 6.51. The summed E-state index contributed by atoms with van der Waals surface area (Å²) >= 11 is 0. The van der Waals surface area contributed by atoms with Crippen LogP contribution < -0.4 is 0 Å². The minimum atomic E-state index is 0. The third-order valence-corrected chi connectivity index (χ3v) is 3.18. The molecule has 0 aliphatic heterocycles. The minimum absolute atomic E-state index is 0. The summed E-state index contributed by atoms with van der Waals surface area (Å²) in [5, 5.41) is 0. The molecule has 1 fully saturated rings. The molecule has 0 aromatic carbocycles. The van der Waals surface area contributed by atoms with Crippen molar-refractivity contribution in [3.63, 3.8) is 0 Å². The van der Waals surface area contributed by atoms with Crippen LogP contribution >= 0.6 is 12.4 Å². The van der Waals surface area contributed by atoms with E-state index >= 15 is 0 Å². The Morgan fingerprint density at radius 2 is 1.81 bits per heavy atom. The van der Waals surface area contributed by atoms with E-state index in [1.165, 1.54) is 38.5 Å². The molecule has 0 radical (unpaired) electrons. The number of hydrogen-bond acceptors (Lipinski definition) is 2. The molecule has 3 heteroatoms. The van der Waals surface area contributed by atoms with Gasteiger partial charge >= 0.3 is 5.97 Å². The van der Waals surface area contributed by atoms with E-state index in [1.807, 2.05) is 0 Å². The lowest BCUT2D eigenvalue weighted by Crippen LogP contribution is -2.20. The van der Waals surface area contributed by atoms with Crippen LogP contribution in [0.25, 0.3) is 0 Å². The highest BCUT2D eigenvalue weighted by molar-refractivity contribution is 5.85. The van der Waals surface area contributed by atoms with Gasteiger partial charge in [0.2, 0.25) is 0 Å². The second-order valence-corrected chi connectivity index (χ2v) is 4.56. The quantitative estimate of drug-likeness (QED) is 0.522. The van der Waals surface area contributed by atoms with Crippen molar-refractivity contribution in [2.45, 2.75) is 64.7 Å². The standard InChI is InChI=1S/C13H24O2.ClH/c1-2-3-4-8-11-15-13(14)12-9-6-5-7-10-12;/h12H,2-11H2,1H3;1H. The fourth-order valence-corrected chi connectivity index (χ4v) is 2.16. The zero-order valence-electron chi connectivity index (χ0n) is 10.4. The number of carbonyl (C=O) groups is 1. The van der Waals surface area contributed by atoms with Crippen molar-refractivity contribution in [1.29, 1.82) is 0 Å². The predicted molar refractivity (Wildman–Crippen MR) is 68.9 cm³/mol. The van der Waals surface area contributed by atoms with Crippen LogP contribution in [0.3, 0.4) is 0 Å². The van der Waals surface area contributed by atoms with E-state index in [9.17, 15) is 4.79 Å². The Balaban J connectivity index is 0.00000225. The largest absolute Gasteiger partial charge is 0.465 e. The Kier molecular flexibility index (Phi) is 9.80. The molecule has 0 aromatic heterocycles. The van der Waals surface area contributed by atoms with Crippen LogP contribution in [0.5, 0.6) is 0 Å². The Labute approximate surface area is 106 Å². The second-order valence-electron chi connectivity index (χ2n) is 4.56. The first kappa shape index (κ1) is 15.8. The SMILES string of the molecule is CCCCCCOC(=O)C1CCCCC1.Cl. The van der Waals surface area contributed by atoms with Crippen LogP contribution in [0.1, 0.15) is 64.7 Å². The van der Waals surface area contributed by atoms with Crippen molar-refractivity contribution in [1.82, 2.24) is 0 Å². The van der Waals surface area contributed by atoms with Crippen LogP contribution in [0.4, 0.5) is 0 Å². The summed E-state index contributed by atoms with van der Waals surface area (Å²) in [5.41, 5.74) is 0. The van der Waals surface area contributed by atoms with Gasteiger partial charge in [0.1, 0.15) is 0 Å². The molecule has 0 aromatic rings. The highest BCUT2D eigenvalue weighted by Crippen LogP contribution is 2.24. The van der Waals surface area contributed by atoms with Gasteiger partial charge in [-0.1, -0.05) is 45.4 Å². The van der Waals surface area contributed by atoms with E-state index in [0.29, 0.717) is 6.61 Å². The predicted octanol–water partition coefficient (Wildman–Crippen LogP) is 4.11. The summed E-state index contributed by atoms with van der Waals surface area (Å²) < 4.78 is 5.29. The van der Waals surface area contributed by atoms with Crippen molar-refractivity contribution in [3.8, 4) is 0 Å². The maximum atomic E-state index is 11.6. The normalized spacial score (nSPS) is 16.6. The molecule has 1 aliphatic rings. The van der Waals surface area contributed by atoms with E-state index in [-0.39, 0.29) is 24.3 Å². The molecule has 2 nitrogen and oxygen atoms in total. The first-order valence-corrected chi connectivity index (χ1v) is 6.51. The average Bonchev–Trinajstić information content (AvgIpc) is 2.30. The zero-order valence-corrected chi connectivity index (χ0v) is 11.2. The lowest BCUT2D eigenvalue weighted by atomic mass is 9.89. The number of halogens is 1. The van der Waals surface area contributed by atoms with Crippen molar-refractivity contribution in [2.75, 3.05) is 6.61 Å². The molecule has 0 atom stereocenters. The van der Waals surface area contributed by atoms with Crippen LogP contribution in [-0.4, -0.2) is 12.6 Å². The molecule has 0 amide bonds. The maximum Gasteiger partial charge on any atom is 0.308 e. The van der Waals surface area contributed by atoms with E-state index in [2.05, 4.69) is 6.92 Å². The van der Waals surface area contributed by atoms with E-state index < -0.39 is 0 Å². The van der Waals surface area contributed by atoms with Gasteiger partial charge < -0.3 is 4.74 Å². The fraction of sp³-hybridized carbons (Fsp3) is 0.923. The number of unbranched alkanes of at least 4 members (excludes halogenated alkanes) is 3. The number of carbonyl (C=O) groups excluding carboxylic acids is 1. The van der Waals surface area contributed by atoms with Gasteiger partial charge in [-0.15, -0.1) is 12.4 Å². The molecular weight excluding hydrogens is 224 g/mol. The highest BCUT2D eigenvalue weighted by atomic mass is 35.5. The third-order valence-electron chi connectivity index (χ3n) is 3.18. The summed E-state index contributed by atoms with van der Waals surface area (Å²) in [7, 11) is 0. The monoisotopic (exact) mass is 248 g/mol. The smallest absolute Gasteiger partial charge is 0.308 e. The van der Waals surface area contributed by atoms with Gasteiger partial charge in [0, 0.05) is 0 Å². The summed E-state index contributed by atoms with van der Waals surface area (Å²) in [6.07, 6.45) is 10.5. The summed E-state index contributed by atoms with van der Waals surface area (Å²) in [4.78, 5) is 11.6. The molecule has 96 valence electrons. The Bertz CT molecular complexity index is 177. The van der Waals surface area contributed by atoms with Crippen LogP contribution in [0.2, 0.25) is 0 Å². The maximum absolute atomic E-state index is 11.6. The molecule has 0 spiro atoms. The summed E-state index contributed by atoms with van der Waals surface area (Å²) in [6.45, 7) is 2.82. The van der Waals surface area contributed by atoms with E-state index in [0.717, 1.165) is 19.3 Å². The average molecular weight is 249 g/mol. The second kappa shape index (κ2) is 9.95. The fourth-order valence-electron chi connectivity index (χ4n) is 2.16. The lowest BCUT2D eigenvalue weighted by molar-refractivity contribution is -0.149. The highest BCUT2D eigenvalue weighted by Gasteiger charge is 2.21. The van der Waals surface area contributed by atoms with Gasteiger partial charge in [-0.3, -0.25) is 4.79 Å². The molecule has 0 N–H and O–H groups in total. The molecular formula is C13H25ClO2. The van der Waals surface area contributed by atoms with Gasteiger partial charge in [-0.2, -0.15) is 0 Å². The Morgan fingerprint density at radius 3 is 2.44 bits per heavy atom. The van der Waals surface area contributed by atoms with Gasteiger partial charge in [-0.05, 0) is 19.3 Å². The van der Waals surface area contributed by atoms with Crippen LogP contribution in [0.15, 0.2) is 0 Å². The lowest BCUT2D eigenvalue weighted by Gasteiger charge is -2.19. The van der Waals surface area contributed by atoms with Gasteiger partial charge in [0.05, 0.1) is 12.5 Å². The number of rotatable bonds is 6. The molecule has 1 rings (SSSR count). The Hall–Kier alpha value is -0.240. The topological polar surface area (TPSA) is 26.3 Å². The summed E-state index contributed by atoms with van der Waals surface area (Å²) in [5.74, 6) is 0.274. The van der Waals surface area contributed by atoms with Crippen LogP contribution in [0, 0.1) is 5.92 Å².